The van der Waals surface area contributed by atoms with Gasteiger partial charge in [-0.3, -0.25) is 10.3 Å². The molecule has 1 heterocycles. The molecule has 0 bridgehead atoms. The van der Waals surface area contributed by atoms with Crippen molar-refractivity contribution in [2.45, 2.75) is 47.0 Å². The average Bonchev–Trinajstić information content (AvgIpc) is 3.15. The molecule has 0 atom stereocenters. The Labute approximate surface area is 160 Å². The number of nitriles is 1. The van der Waals surface area contributed by atoms with Gasteiger partial charge < -0.3 is 15.0 Å². The number of aliphatic imine (C=N–C) groups is 1. The summed E-state index contributed by atoms with van der Waals surface area (Å²) >= 11 is 0. The number of aryl methyl sites for hydroxylation is 1. The van der Waals surface area contributed by atoms with E-state index in [4.69, 9.17) is 0 Å². The van der Waals surface area contributed by atoms with Crippen LogP contribution in [0, 0.1) is 18.3 Å². The monoisotopic (exact) mass is 372 g/mol. The Morgan fingerprint density at radius 3 is 2.59 bits per heavy atom. The molecule has 0 saturated carbocycles. The van der Waals surface area contributed by atoms with Crippen LogP contribution in [0.1, 0.15) is 51.2 Å². The van der Waals surface area contributed by atoms with Crippen molar-refractivity contribution in [3.8, 4) is 6.07 Å². The van der Waals surface area contributed by atoms with Crippen molar-refractivity contribution in [3.05, 3.63) is 23.5 Å². The summed E-state index contributed by atoms with van der Waals surface area (Å²) in [6, 6.07) is 3.80. The number of methoxy groups -OCH3 is 1. The van der Waals surface area contributed by atoms with Crippen molar-refractivity contribution < 1.29 is 9.53 Å². The number of nitrogens with zero attached hydrogens (tertiary/aromatic N) is 3. The number of imidazole rings is 1. The first kappa shape index (κ1) is 22.0. The van der Waals surface area contributed by atoms with Crippen LogP contribution >= 0.6 is 0 Å². The van der Waals surface area contributed by atoms with Crippen molar-refractivity contribution in [2.75, 3.05) is 19.0 Å². The van der Waals surface area contributed by atoms with Gasteiger partial charge in [0.15, 0.2) is 0 Å². The number of anilines is 1. The smallest absolute Gasteiger partial charge is 0.413 e. The lowest BCUT2D eigenvalue weighted by Gasteiger charge is -2.13. The number of aromatic amines is 1. The molecule has 0 radical (unpaired) electrons. The van der Waals surface area contributed by atoms with Crippen LogP contribution in [-0.2, 0) is 4.74 Å². The molecule has 146 valence electrons. The van der Waals surface area contributed by atoms with Crippen molar-refractivity contribution >= 4 is 28.8 Å². The largest absolute Gasteiger partial charge is 0.453 e. The number of amides is 1. The Morgan fingerprint density at radius 1 is 1.37 bits per heavy atom. The summed E-state index contributed by atoms with van der Waals surface area (Å²) < 4.78 is 4.56. The second-order valence-corrected chi connectivity index (χ2v) is 5.75. The highest BCUT2D eigenvalue weighted by molar-refractivity contribution is 6.04. The summed E-state index contributed by atoms with van der Waals surface area (Å²) in [6.45, 7) is 8.60. The molecule has 0 aliphatic heterocycles. The number of hydrogen-bond donors (Lipinski definition) is 3. The summed E-state index contributed by atoms with van der Waals surface area (Å²) in [5.41, 5.74) is 3.30. The van der Waals surface area contributed by atoms with E-state index in [9.17, 15) is 10.1 Å². The van der Waals surface area contributed by atoms with Crippen LogP contribution in [0.5, 0.6) is 0 Å². The van der Waals surface area contributed by atoms with Gasteiger partial charge in [-0.15, -0.1) is 0 Å². The first-order valence-corrected chi connectivity index (χ1v) is 9.05. The molecule has 8 heteroatoms. The number of hydrogen-bond acceptors (Lipinski definition) is 5. The molecular weight excluding hydrogens is 344 g/mol. The highest BCUT2D eigenvalue weighted by Gasteiger charge is 2.13. The number of unbranched alkanes of at least 4 members (excludes halogenated alkanes) is 2. The van der Waals surface area contributed by atoms with Gasteiger partial charge >= 0.3 is 6.09 Å². The third-order valence-corrected chi connectivity index (χ3v) is 3.76. The van der Waals surface area contributed by atoms with E-state index >= 15 is 0 Å². The van der Waals surface area contributed by atoms with E-state index < -0.39 is 6.09 Å². The lowest BCUT2D eigenvalue weighted by molar-refractivity contribution is 0.177. The number of carbonyl (C=O) groups excluding carboxylic acids is 1. The Hall–Kier alpha value is -3.08. The van der Waals surface area contributed by atoms with Crippen molar-refractivity contribution in [3.63, 3.8) is 0 Å². The van der Waals surface area contributed by atoms with Crippen molar-refractivity contribution in [1.82, 2.24) is 15.3 Å². The SMILES string of the molecule is CCCCC.CCN=C(NC(=O)OC)Nc1cc(C#N)c2[nH]cnc2c1C. The fourth-order valence-corrected chi connectivity index (χ4v) is 2.35. The maximum atomic E-state index is 11.3. The Balaban J connectivity index is 0.000000646. The van der Waals surface area contributed by atoms with E-state index in [1.807, 2.05) is 13.8 Å². The fourth-order valence-electron chi connectivity index (χ4n) is 2.35. The van der Waals surface area contributed by atoms with Gasteiger partial charge in [0.1, 0.15) is 6.07 Å². The zero-order valence-electron chi connectivity index (χ0n) is 16.6. The number of H-pyrrole nitrogens is 1. The molecule has 1 aromatic heterocycles. The second kappa shape index (κ2) is 11.5. The van der Waals surface area contributed by atoms with Crippen LogP contribution in [0.2, 0.25) is 0 Å². The van der Waals surface area contributed by atoms with Gasteiger partial charge in [0.25, 0.3) is 0 Å². The van der Waals surface area contributed by atoms with Crippen LogP contribution in [0.15, 0.2) is 17.4 Å². The minimum atomic E-state index is -0.626. The van der Waals surface area contributed by atoms with E-state index in [1.54, 1.807) is 6.07 Å². The number of aromatic nitrogens is 2. The van der Waals surface area contributed by atoms with Gasteiger partial charge in [-0.05, 0) is 19.9 Å². The molecule has 27 heavy (non-hydrogen) atoms. The molecule has 2 aromatic rings. The van der Waals surface area contributed by atoms with Gasteiger partial charge in [0.2, 0.25) is 5.96 Å². The zero-order chi connectivity index (χ0) is 20.2. The third kappa shape index (κ3) is 6.29. The van der Waals surface area contributed by atoms with E-state index in [0.29, 0.717) is 28.8 Å². The average molecular weight is 372 g/mol. The van der Waals surface area contributed by atoms with E-state index in [1.165, 1.54) is 32.7 Å². The van der Waals surface area contributed by atoms with Crippen LogP contribution in [-0.4, -0.2) is 35.7 Å². The van der Waals surface area contributed by atoms with E-state index in [2.05, 4.69) is 50.2 Å². The number of alkyl carbamates (subject to hydrolysis) is 1. The van der Waals surface area contributed by atoms with Gasteiger partial charge in [0.05, 0.1) is 30.0 Å². The molecule has 0 unspecified atom stereocenters. The number of nitrogens with one attached hydrogen (secondary N) is 3. The lowest BCUT2D eigenvalue weighted by atomic mass is 10.1. The molecule has 2 rings (SSSR count). The topological polar surface area (TPSA) is 115 Å². The molecule has 1 amide bonds. The molecular formula is C19H28N6O2. The Bertz CT molecular complexity index is 817. The molecule has 3 N–H and O–H groups in total. The minimum absolute atomic E-state index is 0.247. The maximum absolute atomic E-state index is 11.3. The number of guanidine groups is 1. The van der Waals surface area contributed by atoms with E-state index in [-0.39, 0.29) is 5.96 Å². The van der Waals surface area contributed by atoms with Gasteiger partial charge in [-0.25, -0.2) is 9.78 Å². The van der Waals surface area contributed by atoms with Crippen molar-refractivity contribution in [1.29, 1.82) is 5.26 Å². The lowest BCUT2D eigenvalue weighted by Crippen LogP contribution is -2.36. The maximum Gasteiger partial charge on any atom is 0.413 e. The molecule has 0 saturated heterocycles. The van der Waals surface area contributed by atoms with Crippen molar-refractivity contribution in [2.24, 2.45) is 4.99 Å². The molecule has 0 aliphatic carbocycles. The summed E-state index contributed by atoms with van der Waals surface area (Å²) in [6.07, 6.45) is 4.99. The van der Waals surface area contributed by atoms with Crippen LogP contribution < -0.4 is 10.6 Å². The third-order valence-electron chi connectivity index (χ3n) is 3.76. The van der Waals surface area contributed by atoms with E-state index in [0.717, 1.165) is 5.56 Å². The van der Waals surface area contributed by atoms with Gasteiger partial charge in [-0.2, -0.15) is 5.26 Å². The highest BCUT2D eigenvalue weighted by atomic mass is 16.5. The summed E-state index contributed by atoms with van der Waals surface area (Å²) in [4.78, 5) is 22.7. The number of ether oxygens (including phenoxy) is 1. The van der Waals surface area contributed by atoms with Gasteiger partial charge in [0, 0.05) is 17.8 Å². The Morgan fingerprint density at radius 2 is 2.07 bits per heavy atom. The van der Waals surface area contributed by atoms with Gasteiger partial charge in [-0.1, -0.05) is 33.1 Å². The number of benzene rings is 1. The molecule has 8 nitrogen and oxygen atoms in total. The minimum Gasteiger partial charge on any atom is -0.453 e. The van der Waals surface area contributed by atoms with Crippen LogP contribution in [0.4, 0.5) is 10.5 Å². The first-order chi connectivity index (χ1) is 13.0. The molecule has 1 aromatic carbocycles. The quantitative estimate of drug-likeness (QED) is 0.552. The standard InChI is InChI=1S/C14H16N6O2.C5H12/c1-4-16-13(20-14(21)22-3)19-10-5-9(6-15)12-11(8(10)2)17-7-18-12;1-3-5-4-2/h5,7H,4H2,1-3H3,(H,17,18)(H2,16,19,20,21);3-5H2,1-2H3. The first-order valence-electron chi connectivity index (χ1n) is 9.05. The summed E-state index contributed by atoms with van der Waals surface area (Å²) in [5, 5.41) is 14.7. The number of fused-ring (bicyclic) bond motifs is 1. The molecule has 0 fully saturated rings. The normalized spacial score (nSPS) is 10.6. The van der Waals surface area contributed by atoms with Crippen LogP contribution in [0.3, 0.4) is 0 Å². The number of carbonyl (C=O) groups is 1. The summed E-state index contributed by atoms with van der Waals surface area (Å²) in [5.74, 6) is 0.247. The predicted octanol–water partition coefficient (Wildman–Crippen LogP) is 4.08. The predicted molar refractivity (Wildman–Crippen MR) is 108 cm³/mol. The summed E-state index contributed by atoms with van der Waals surface area (Å²) in [7, 11) is 1.27. The highest BCUT2D eigenvalue weighted by Crippen LogP contribution is 2.26. The second-order valence-electron chi connectivity index (χ2n) is 5.75. The van der Waals surface area contributed by atoms with Crippen LogP contribution in [0.25, 0.3) is 11.0 Å². The zero-order valence-corrected chi connectivity index (χ0v) is 16.6. The fraction of sp³-hybridized carbons (Fsp3) is 0.474. The molecule has 0 aliphatic rings. The number of rotatable bonds is 4. The Kier molecular flexibility index (Phi) is 9.37. The molecule has 0 spiro atoms.